The molecule has 1 fully saturated rings. The Morgan fingerprint density at radius 3 is 2.41 bits per heavy atom. The monoisotopic (exact) mass is 496 g/mol. The van der Waals surface area contributed by atoms with Crippen molar-refractivity contribution < 1.29 is 19.2 Å². The molecule has 3 aromatic carbocycles. The molecule has 2 atom stereocenters. The van der Waals surface area contributed by atoms with Gasteiger partial charge in [-0.1, -0.05) is 66.7 Å². The summed E-state index contributed by atoms with van der Waals surface area (Å²) in [5, 5.41) is 8.49. The second kappa shape index (κ2) is 9.89. The molecule has 0 unspecified atom stereocenters. The first kappa shape index (κ1) is 24.2. The second-order valence-corrected chi connectivity index (χ2v) is 9.55. The van der Waals surface area contributed by atoms with E-state index in [1.165, 1.54) is 5.56 Å². The number of urea groups is 1. The lowest BCUT2D eigenvalue weighted by atomic mass is 9.78. The van der Waals surface area contributed by atoms with E-state index in [0.717, 1.165) is 16.0 Å². The molecule has 0 radical (unpaired) electrons. The molecule has 0 bridgehead atoms. The zero-order valence-corrected chi connectivity index (χ0v) is 20.5. The summed E-state index contributed by atoms with van der Waals surface area (Å²) in [5.74, 6) is -1.31. The molecule has 8 nitrogen and oxygen atoms in total. The minimum Gasteiger partial charge on any atom is -0.345 e. The zero-order valence-electron chi connectivity index (χ0n) is 20.5. The van der Waals surface area contributed by atoms with Gasteiger partial charge in [-0.25, -0.2) is 4.79 Å². The van der Waals surface area contributed by atoms with Crippen LogP contribution < -0.4 is 16.0 Å². The fourth-order valence-electron chi connectivity index (χ4n) is 5.07. The molecule has 2 aliphatic rings. The van der Waals surface area contributed by atoms with Crippen LogP contribution in [0.3, 0.4) is 0 Å². The average Bonchev–Trinajstić information content (AvgIpc) is 3.12. The van der Waals surface area contributed by atoms with Gasteiger partial charge in [0, 0.05) is 6.42 Å². The number of nitrogens with one attached hydrogen (secondary N) is 3. The van der Waals surface area contributed by atoms with E-state index in [1.54, 1.807) is 24.3 Å². The van der Waals surface area contributed by atoms with E-state index in [-0.39, 0.29) is 17.5 Å². The Morgan fingerprint density at radius 2 is 1.62 bits per heavy atom. The Labute approximate surface area is 215 Å². The highest BCUT2D eigenvalue weighted by Crippen LogP contribution is 2.33. The number of aryl methyl sites for hydroxylation is 1. The number of benzene rings is 3. The normalized spacial score (nSPS) is 19.2. The van der Waals surface area contributed by atoms with Gasteiger partial charge in [0.1, 0.15) is 12.1 Å². The highest BCUT2D eigenvalue weighted by atomic mass is 16.2. The maximum absolute atomic E-state index is 13.3. The quantitative estimate of drug-likeness (QED) is 0.453. The van der Waals surface area contributed by atoms with Crippen LogP contribution in [0.25, 0.3) is 0 Å². The summed E-state index contributed by atoms with van der Waals surface area (Å²) in [6, 6.07) is 23.3. The Balaban J connectivity index is 1.26. The van der Waals surface area contributed by atoms with E-state index in [9.17, 15) is 19.2 Å². The van der Waals surface area contributed by atoms with Crippen LogP contribution in [0.1, 0.15) is 46.4 Å². The third-order valence-corrected chi connectivity index (χ3v) is 7.07. The number of nitrogens with zero attached hydrogens (tertiary/aromatic N) is 1. The van der Waals surface area contributed by atoms with Crippen molar-refractivity contribution >= 4 is 29.4 Å². The fourth-order valence-corrected chi connectivity index (χ4v) is 5.07. The first-order valence-electron chi connectivity index (χ1n) is 12.3. The minimum atomic E-state index is -1.03. The molecule has 5 rings (SSSR count). The number of fused-ring (bicyclic) bond motifs is 1. The Hall–Kier alpha value is -4.46. The molecule has 0 saturated carbocycles. The lowest BCUT2D eigenvalue weighted by Crippen LogP contribution is -2.51. The first-order chi connectivity index (χ1) is 17.9. The highest BCUT2D eigenvalue weighted by Gasteiger charge is 2.52. The van der Waals surface area contributed by atoms with Crippen molar-refractivity contribution in [2.45, 2.75) is 37.8 Å². The molecule has 3 aromatic rings. The predicted octanol–water partition coefficient (Wildman–Crippen LogP) is 3.60. The van der Waals surface area contributed by atoms with Gasteiger partial charge >= 0.3 is 6.03 Å². The third-order valence-electron chi connectivity index (χ3n) is 7.07. The Kier molecular flexibility index (Phi) is 6.48. The lowest BCUT2D eigenvalue weighted by Gasteiger charge is -2.32. The topological polar surface area (TPSA) is 108 Å². The molecule has 1 heterocycles. The molecular formula is C29H28N4O4. The fraction of sp³-hybridized carbons (Fsp3) is 0.241. The van der Waals surface area contributed by atoms with Crippen LogP contribution in [-0.4, -0.2) is 40.7 Å². The predicted molar refractivity (Wildman–Crippen MR) is 139 cm³/mol. The summed E-state index contributed by atoms with van der Waals surface area (Å²) in [7, 11) is 0. The van der Waals surface area contributed by atoms with Gasteiger partial charge in [0.05, 0.1) is 17.3 Å². The summed E-state index contributed by atoms with van der Waals surface area (Å²) in [5.41, 5.74) is 2.71. The highest BCUT2D eigenvalue weighted by molar-refractivity contribution is 6.11. The number of imide groups is 1. The van der Waals surface area contributed by atoms with Crippen molar-refractivity contribution in [2.75, 3.05) is 11.9 Å². The van der Waals surface area contributed by atoms with Crippen molar-refractivity contribution in [3.05, 3.63) is 101 Å². The second-order valence-electron chi connectivity index (χ2n) is 9.55. The summed E-state index contributed by atoms with van der Waals surface area (Å²) in [6.07, 6.45) is 1.55. The first-order valence-corrected chi connectivity index (χ1v) is 12.3. The zero-order chi connectivity index (χ0) is 26.0. The van der Waals surface area contributed by atoms with E-state index in [4.69, 9.17) is 0 Å². The number of rotatable bonds is 6. The van der Waals surface area contributed by atoms with Crippen LogP contribution in [0.15, 0.2) is 78.9 Å². The summed E-state index contributed by atoms with van der Waals surface area (Å²) in [4.78, 5) is 52.9. The maximum Gasteiger partial charge on any atom is 0.325 e. The Morgan fingerprint density at radius 1 is 0.946 bits per heavy atom. The van der Waals surface area contributed by atoms with Crippen LogP contribution in [0.5, 0.6) is 0 Å². The van der Waals surface area contributed by atoms with Crippen LogP contribution in [-0.2, 0) is 22.4 Å². The number of para-hydroxylation sites is 1. The van der Waals surface area contributed by atoms with Crippen LogP contribution in [0, 0.1) is 0 Å². The van der Waals surface area contributed by atoms with E-state index in [2.05, 4.69) is 16.0 Å². The number of amides is 5. The molecule has 3 N–H and O–H groups in total. The lowest BCUT2D eigenvalue weighted by molar-refractivity contribution is -0.134. The number of hydrogen-bond acceptors (Lipinski definition) is 4. The summed E-state index contributed by atoms with van der Waals surface area (Å²) < 4.78 is 0. The molecule has 188 valence electrons. The molecule has 1 spiro atoms. The molecule has 1 aliphatic carbocycles. The van der Waals surface area contributed by atoms with Crippen molar-refractivity contribution in [1.82, 2.24) is 15.5 Å². The number of anilines is 1. The van der Waals surface area contributed by atoms with Gasteiger partial charge < -0.3 is 16.0 Å². The smallest absolute Gasteiger partial charge is 0.325 e. The van der Waals surface area contributed by atoms with Gasteiger partial charge in [-0.05, 0) is 48.6 Å². The number of hydrogen-bond donors (Lipinski definition) is 3. The van der Waals surface area contributed by atoms with E-state index in [0.29, 0.717) is 24.9 Å². The molecule has 8 heteroatoms. The maximum atomic E-state index is 13.3. The van der Waals surface area contributed by atoms with Crippen LogP contribution >= 0.6 is 0 Å². The standard InChI is InChI=1S/C29H28N4O4/c1-19(20-9-3-2-4-10-20)30-26(35)23-13-7-8-14-24(23)31-25(34)18-33-27(36)29(32-28(33)37)16-15-21-11-5-6-12-22(21)17-29/h2-14,19H,15-18H2,1H3,(H,30,35)(H,31,34)(H,32,37)/t19-,29-/m1/s1. The molecule has 0 aromatic heterocycles. The van der Waals surface area contributed by atoms with E-state index in [1.807, 2.05) is 61.5 Å². The number of carbonyl (C=O) groups excluding carboxylic acids is 4. The average molecular weight is 497 g/mol. The van der Waals surface area contributed by atoms with Gasteiger partial charge in [0.15, 0.2) is 0 Å². The van der Waals surface area contributed by atoms with Gasteiger partial charge in [0.2, 0.25) is 5.91 Å². The van der Waals surface area contributed by atoms with Gasteiger partial charge in [-0.3, -0.25) is 19.3 Å². The van der Waals surface area contributed by atoms with Crippen LogP contribution in [0.2, 0.25) is 0 Å². The Bertz CT molecular complexity index is 1370. The SMILES string of the molecule is C[C@@H](NC(=O)c1ccccc1NC(=O)CN1C(=O)N[C@@]2(CCc3ccccc3C2)C1=O)c1ccccc1. The molecule has 37 heavy (non-hydrogen) atoms. The molecule has 5 amide bonds. The molecule has 1 saturated heterocycles. The van der Waals surface area contributed by atoms with E-state index >= 15 is 0 Å². The van der Waals surface area contributed by atoms with Crippen molar-refractivity contribution in [3.63, 3.8) is 0 Å². The van der Waals surface area contributed by atoms with Gasteiger partial charge in [-0.2, -0.15) is 0 Å². The van der Waals surface area contributed by atoms with Crippen molar-refractivity contribution in [3.8, 4) is 0 Å². The van der Waals surface area contributed by atoms with Crippen molar-refractivity contribution in [1.29, 1.82) is 0 Å². The third kappa shape index (κ3) is 4.82. The van der Waals surface area contributed by atoms with Crippen LogP contribution in [0.4, 0.5) is 10.5 Å². The van der Waals surface area contributed by atoms with Crippen molar-refractivity contribution in [2.24, 2.45) is 0 Å². The number of carbonyl (C=O) groups is 4. The van der Waals surface area contributed by atoms with Gasteiger partial charge in [-0.15, -0.1) is 0 Å². The molecule has 1 aliphatic heterocycles. The largest absolute Gasteiger partial charge is 0.345 e. The van der Waals surface area contributed by atoms with E-state index < -0.39 is 29.9 Å². The summed E-state index contributed by atoms with van der Waals surface area (Å²) >= 11 is 0. The summed E-state index contributed by atoms with van der Waals surface area (Å²) in [6.45, 7) is 1.44. The minimum absolute atomic E-state index is 0.236. The van der Waals surface area contributed by atoms with Gasteiger partial charge in [0.25, 0.3) is 11.8 Å². The molecular weight excluding hydrogens is 468 g/mol.